The van der Waals surface area contributed by atoms with Crippen molar-refractivity contribution in [1.29, 1.82) is 0 Å². The number of hydrogen-bond donors (Lipinski definition) is 1. The summed E-state index contributed by atoms with van der Waals surface area (Å²) >= 11 is 0. The van der Waals surface area contributed by atoms with E-state index in [1.54, 1.807) is 19.5 Å². The molecule has 8 nitrogen and oxygen atoms in total. The quantitative estimate of drug-likeness (QED) is 0.325. The number of benzene rings is 1. The zero-order valence-corrected chi connectivity index (χ0v) is 19.2. The smallest absolute Gasteiger partial charge is 0.155 e. The normalized spacial score (nSPS) is 17.0. The number of nitrogens with zero attached hydrogens (tertiary/aromatic N) is 4. The van der Waals surface area contributed by atoms with Crippen LogP contribution in [0, 0.1) is 0 Å². The van der Waals surface area contributed by atoms with Gasteiger partial charge in [-0.15, -0.1) is 12.4 Å². The first kappa shape index (κ1) is 23.1. The number of methoxy groups -OCH3 is 1. The molecule has 1 saturated heterocycles. The van der Waals surface area contributed by atoms with Gasteiger partial charge in [0.2, 0.25) is 0 Å². The third-order valence-electron chi connectivity index (χ3n) is 6.00. The Morgan fingerprint density at radius 1 is 1.24 bits per heavy atom. The van der Waals surface area contributed by atoms with Crippen LogP contribution >= 0.6 is 12.4 Å². The van der Waals surface area contributed by atoms with Crippen LogP contribution < -0.4 is 10.1 Å². The maximum atomic E-state index is 9.64. The summed E-state index contributed by atoms with van der Waals surface area (Å²) in [6.07, 6.45) is 6.03. The zero-order chi connectivity index (χ0) is 21.9. The molecule has 0 saturated carbocycles. The van der Waals surface area contributed by atoms with E-state index in [9.17, 15) is 5.21 Å². The average molecular weight is 471 g/mol. The lowest BCUT2D eigenvalue weighted by molar-refractivity contribution is 0.105. The Morgan fingerprint density at radius 2 is 2.15 bits per heavy atom. The minimum atomic E-state index is 0. The molecular weight excluding hydrogens is 444 g/mol. The fraction of sp³-hybridized carbons (Fsp3) is 0.333. The number of ether oxygens (including phenoxy) is 2. The van der Waals surface area contributed by atoms with Gasteiger partial charge in [0.15, 0.2) is 5.76 Å². The second kappa shape index (κ2) is 10.2. The third kappa shape index (κ3) is 4.83. The van der Waals surface area contributed by atoms with Gasteiger partial charge in [0, 0.05) is 37.5 Å². The summed E-state index contributed by atoms with van der Waals surface area (Å²) in [5.74, 6) is 1.24. The topological polar surface area (TPSA) is 84.7 Å². The molecular formula is C24H27ClN4O4. The lowest BCUT2D eigenvalue weighted by Gasteiger charge is -2.23. The molecule has 33 heavy (non-hydrogen) atoms. The van der Waals surface area contributed by atoms with Gasteiger partial charge in [-0.1, -0.05) is 5.16 Å². The first-order valence-electron chi connectivity index (χ1n) is 10.8. The molecule has 4 heterocycles. The standard InChI is InChI=1S/C24H26N4O4.ClH/c1-30-15-18-5-3-8-27(18)10-11-31-19-6-7-23-20(13-19)21(26-29)14-24(32-23)22-12-17-4-2-9-28(17)16-25-22;/h2,4,6-7,9,12-14,16,18,29H,3,5,8,10-11,15H2,1H3;1H/t18-;/m0./s1. The van der Waals surface area contributed by atoms with E-state index in [0.29, 0.717) is 46.2 Å². The molecule has 1 N–H and O–H groups in total. The molecule has 1 fully saturated rings. The Balaban J connectivity index is 0.00000259. The predicted octanol–water partition coefficient (Wildman–Crippen LogP) is 3.95. The summed E-state index contributed by atoms with van der Waals surface area (Å²) in [7, 11) is 1.75. The molecule has 3 aromatic heterocycles. The lowest BCUT2D eigenvalue weighted by Crippen LogP contribution is -2.35. The highest BCUT2D eigenvalue weighted by Gasteiger charge is 2.23. The van der Waals surface area contributed by atoms with Crippen molar-refractivity contribution in [3.8, 4) is 17.2 Å². The summed E-state index contributed by atoms with van der Waals surface area (Å²) in [6, 6.07) is 13.6. The van der Waals surface area contributed by atoms with Crippen LogP contribution in [0.1, 0.15) is 12.8 Å². The Bertz CT molecular complexity index is 1300. The maximum Gasteiger partial charge on any atom is 0.155 e. The Morgan fingerprint density at radius 3 is 3.00 bits per heavy atom. The zero-order valence-electron chi connectivity index (χ0n) is 18.4. The fourth-order valence-electron chi connectivity index (χ4n) is 4.37. The SMILES string of the molecule is COC[C@@H]1CCCN1CCOc1ccc2oc(-c3cc4cccn4cn3)cc(=NO)c2c1.Cl. The van der Waals surface area contributed by atoms with Gasteiger partial charge in [0.05, 0.1) is 18.3 Å². The summed E-state index contributed by atoms with van der Waals surface area (Å²) in [4.78, 5) is 6.87. The van der Waals surface area contributed by atoms with Gasteiger partial charge in [-0.25, -0.2) is 4.98 Å². The molecule has 1 atom stereocenters. The largest absolute Gasteiger partial charge is 0.492 e. The molecule has 0 spiro atoms. The molecule has 0 amide bonds. The first-order valence-corrected chi connectivity index (χ1v) is 10.8. The first-order chi connectivity index (χ1) is 15.7. The van der Waals surface area contributed by atoms with Crippen LogP contribution in [-0.4, -0.2) is 58.9 Å². The van der Waals surface area contributed by atoms with Gasteiger partial charge in [-0.3, -0.25) is 4.90 Å². The minimum absolute atomic E-state index is 0. The van der Waals surface area contributed by atoms with Crippen LogP contribution in [-0.2, 0) is 4.74 Å². The third-order valence-corrected chi connectivity index (χ3v) is 6.00. The number of rotatable bonds is 7. The van der Waals surface area contributed by atoms with Crippen LogP contribution in [0.3, 0.4) is 0 Å². The predicted molar refractivity (Wildman–Crippen MR) is 127 cm³/mol. The van der Waals surface area contributed by atoms with Crippen LogP contribution in [0.15, 0.2) is 64.6 Å². The van der Waals surface area contributed by atoms with E-state index in [0.717, 1.165) is 25.2 Å². The van der Waals surface area contributed by atoms with Crippen molar-refractivity contribution >= 4 is 28.9 Å². The number of halogens is 1. The van der Waals surface area contributed by atoms with Gasteiger partial charge >= 0.3 is 0 Å². The molecule has 1 aromatic carbocycles. The molecule has 5 rings (SSSR count). The number of likely N-dealkylation sites (tertiary alicyclic amines) is 1. The van der Waals surface area contributed by atoms with Crippen molar-refractivity contribution in [2.45, 2.75) is 18.9 Å². The summed E-state index contributed by atoms with van der Waals surface area (Å²) in [5, 5.41) is 14.2. The average Bonchev–Trinajstić information content (AvgIpc) is 3.47. The van der Waals surface area contributed by atoms with E-state index in [1.165, 1.54) is 12.8 Å². The molecule has 1 aliphatic rings. The highest BCUT2D eigenvalue weighted by atomic mass is 35.5. The van der Waals surface area contributed by atoms with Gasteiger partial charge in [-0.05, 0) is 55.8 Å². The number of hydrogen-bond acceptors (Lipinski definition) is 7. The van der Waals surface area contributed by atoms with E-state index in [-0.39, 0.29) is 12.4 Å². The van der Waals surface area contributed by atoms with E-state index in [1.807, 2.05) is 47.0 Å². The molecule has 0 unspecified atom stereocenters. The van der Waals surface area contributed by atoms with Crippen LogP contribution in [0.2, 0.25) is 0 Å². The lowest BCUT2D eigenvalue weighted by atomic mass is 10.2. The second-order valence-electron chi connectivity index (χ2n) is 8.00. The number of aromatic nitrogens is 2. The molecule has 174 valence electrons. The molecule has 0 aliphatic carbocycles. The Kier molecular flexibility index (Phi) is 7.17. The van der Waals surface area contributed by atoms with Gasteiger partial charge < -0.3 is 23.5 Å². The highest BCUT2D eigenvalue weighted by molar-refractivity contribution is 5.85. The van der Waals surface area contributed by atoms with Gasteiger partial charge in [-0.2, -0.15) is 0 Å². The molecule has 4 aromatic rings. The van der Waals surface area contributed by atoms with E-state index < -0.39 is 0 Å². The maximum absolute atomic E-state index is 9.64. The summed E-state index contributed by atoms with van der Waals surface area (Å²) < 4.78 is 19.3. The highest BCUT2D eigenvalue weighted by Crippen LogP contribution is 2.25. The van der Waals surface area contributed by atoms with Crippen molar-refractivity contribution < 1.29 is 19.1 Å². The molecule has 1 aliphatic heterocycles. The van der Waals surface area contributed by atoms with Gasteiger partial charge in [0.25, 0.3) is 0 Å². The van der Waals surface area contributed by atoms with E-state index in [2.05, 4.69) is 15.0 Å². The van der Waals surface area contributed by atoms with Crippen molar-refractivity contribution in [2.75, 3.05) is 33.4 Å². The summed E-state index contributed by atoms with van der Waals surface area (Å²) in [6.45, 7) is 3.26. The monoisotopic (exact) mass is 470 g/mol. The molecule has 0 bridgehead atoms. The van der Waals surface area contributed by atoms with Crippen molar-refractivity contribution in [1.82, 2.24) is 14.3 Å². The molecule has 0 radical (unpaired) electrons. The number of fused-ring (bicyclic) bond motifs is 2. The Labute approximate surface area is 197 Å². The van der Waals surface area contributed by atoms with Crippen molar-refractivity contribution in [3.05, 3.63) is 60.3 Å². The van der Waals surface area contributed by atoms with Crippen LogP contribution in [0.4, 0.5) is 0 Å². The summed E-state index contributed by atoms with van der Waals surface area (Å²) in [5.41, 5.74) is 2.27. The van der Waals surface area contributed by atoms with E-state index in [4.69, 9.17) is 13.9 Å². The van der Waals surface area contributed by atoms with Crippen LogP contribution in [0.25, 0.3) is 27.9 Å². The fourth-order valence-corrected chi connectivity index (χ4v) is 4.37. The minimum Gasteiger partial charge on any atom is -0.492 e. The second-order valence-corrected chi connectivity index (χ2v) is 8.00. The van der Waals surface area contributed by atoms with Crippen molar-refractivity contribution in [3.63, 3.8) is 0 Å². The van der Waals surface area contributed by atoms with Crippen LogP contribution in [0.5, 0.6) is 5.75 Å². The Hall–Kier alpha value is -3.07. The van der Waals surface area contributed by atoms with Crippen molar-refractivity contribution in [2.24, 2.45) is 5.16 Å². The van der Waals surface area contributed by atoms with Gasteiger partial charge in [0.1, 0.15) is 29.0 Å². The molecule has 9 heteroatoms. The van der Waals surface area contributed by atoms with E-state index >= 15 is 0 Å².